The molecular weight excluding hydrogens is 182 g/mol. The van der Waals surface area contributed by atoms with Crippen molar-refractivity contribution >= 4 is 11.8 Å². The van der Waals surface area contributed by atoms with Crippen molar-refractivity contribution in [1.82, 2.24) is 0 Å². The Bertz CT molecular complexity index is 351. The number of ether oxygens (including phenoxy) is 1. The molecule has 0 N–H and O–H groups in total. The summed E-state index contributed by atoms with van der Waals surface area (Å²) >= 11 is 0. The Morgan fingerprint density at radius 2 is 2.21 bits per heavy atom. The van der Waals surface area contributed by atoms with Crippen LogP contribution in [0.25, 0.3) is 0 Å². The maximum absolute atomic E-state index is 11.2. The number of benzene rings is 1. The van der Waals surface area contributed by atoms with Gasteiger partial charge in [-0.15, -0.1) is 5.06 Å². The molecule has 0 saturated carbocycles. The number of nitrogens with zero attached hydrogens (tertiary/aromatic N) is 1. The predicted octanol–water partition coefficient (Wildman–Crippen LogP) is 2.09. The van der Waals surface area contributed by atoms with Crippen molar-refractivity contribution in [3.63, 3.8) is 0 Å². The van der Waals surface area contributed by atoms with Crippen LogP contribution in [0.15, 0.2) is 24.3 Å². The van der Waals surface area contributed by atoms with Crippen molar-refractivity contribution in [3.8, 4) is 0 Å². The highest BCUT2D eigenvalue weighted by Crippen LogP contribution is 2.24. The number of aryl methyl sites for hydroxylation is 1. The molecule has 0 aromatic heterocycles. The van der Waals surface area contributed by atoms with E-state index in [0.717, 1.165) is 17.7 Å². The molecule has 4 heteroatoms. The molecule has 0 radical (unpaired) electrons. The monoisotopic (exact) mass is 193 g/mol. The quantitative estimate of drug-likeness (QED) is 0.721. The van der Waals surface area contributed by atoms with Gasteiger partial charge in [0, 0.05) is 0 Å². The van der Waals surface area contributed by atoms with E-state index in [-0.39, 0.29) is 6.79 Å². The number of hydrogen-bond acceptors (Lipinski definition) is 3. The summed E-state index contributed by atoms with van der Waals surface area (Å²) in [6, 6.07) is 7.60. The van der Waals surface area contributed by atoms with Gasteiger partial charge in [0.05, 0.1) is 5.69 Å². The lowest BCUT2D eigenvalue weighted by atomic mass is 10.1. The van der Waals surface area contributed by atoms with Crippen LogP contribution in [-0.2, 0) is 16.0 Å². The van der Waals surface area contributed by atoms with Gasteiger partial charge in [-0.1, -0.05) is 25.1 Å². The zero-order valence-corrected chi connectivity index (χ0v) is 7.90. The highest BCUT2D eigenvalue weighted by atomic mass is 16.9. The molecule has 1 heterocycles. The van der Waals surface area contributed by atoms with Gasteiger partial charge in [0.25, 0.3) is 0 Å². The number of hydrogen-bond donors (Lipinski definition) is 0. The van der Waals surface area contributed by atoms with Crippen LogP contribution in [-0.4, -0.2) is 12.9 Å². The normalized spacial score (nSPS) is 15.8. The molecule has 14 heavy (non-hydrogen) atoms. The molecule has 1 aliphatic rings. The topological polar surface area (TPSA) is 38.8 Å². The number of cyclic esters (lactones) is 1. The van der Waals surface area contributed by atoms with E-state index in [0.29, 0.717) is 0 Å². The highest BCUT2D eigenvalue weighted by molar-refractivity contribution is 5.87. The van der Waals surface area contributed by atoms with Gasteiger partial charge in [-0.3, -0.25) is 0 Å². The number of anilines is 1. The number of amides is 1. The Morgan fingerprint density at radius 1 is 1.43 bits per heavy atom. The van der Waals surface area contributed by atoms with Gasteiger partial charge in [0.15, 0.2) is 0 Å². The molecule has 1 aliphatic heterocycles. The number of rotatable bonds is 2. The number of carbonyl (C=O) groups is 1. The maximum Gasteiger partial charge on any atom is 0.441 e. The molecule has 1 aromatic rings. The fraction of sp³-hybridized carbons (Fsp3) is 0.300. The van der Waals surface area contributed by atoms with Crippen molar-refractivity contribution in [2.45, 2.75) is 13.3 Å². The standard InChI is InChI=1S/C10H11NO3/c1-2-8-5-3-4-6-9(8)11-10(12)13-7-14-11/h3-6H,2,7H2,1H3. The summed E-state index contributed by atoms with van der Waals surface area (Å²) in [6.07, 6.45) is 0.398. The van der Waals surface area contributed by atoms with Gasteiger partial charge < -0.3 is 4.74 Å². The van der Waals surface area contributed by atoms with Gasteiger partial charge in [-0.2, -0.15) is 0 Å². The van der Waals surface area contributed by atoms with Crippen LogP contribution in [0.5, 0.6) is 0 Å². The lowest BCUT2D eigenvalue weighted by molar-refractivity contribution is 0.0703. The van der Waals surface area contributed by atoms with E-state index in [1.165, 1.54) is 5.06 Å². The second kappa shape index (κ2) is 3.67. The first-order valence-corrected chi connectivity index (χ1v) is 4.50. The Balaban J connectivity index is 2.35. The molecule has 0 bridgehead atoms. The number of carbonyl (C=O) groups excluding carboxylic acids is 1. The van der Waals surface area contributed by atoms with E-state index < -0.39 is 6.09 Å². The minimum Gasteiger partial charge on any atom is -0.418 e. The largest absolute Gasteiger partial charge is 0.441 e. The molecule has 1 saturated heterocycles. The van der Waals surface area contributed by atoms with Gasteiger partial charge in [0.2, 0.25) is 6.79 Å². The first-order chi connectivity index (χ1) is 6.83. The molecule has 0 aliphatic carbocycles. The van der Waals surface area contributed by atoms with Crippen molar-refractivity contribution in [1.29, 1.82) is 0 Å². The first-order valence-electron chi connectivity index (χ1n) is 4.50. The van der Waals surface area contributed by atoms with Crippen LogP contribution in [0.2, 0.25) is 0 Å². The van der Waals surface area contributed by atoms with E-state index in [2.05, 4.69) is 4.74 Å². The van der Waals surface area contributed by atoms with Crippen LogP contribution >= 0.6 is 0 Å². The summed E-state index contributed by atoms with van der Waals surface area (Å²) in [7, 11) is 0. The Kier molecular flexibility index (Phi) is 2.37. The fourth-order valence-corrected chi connectivity index (χ4v) is 1.42. The molecule has 1 amide bonds. The molecular formula is C10H11NO3. The molecule has 4 nitrogen and oxygen atoms in total. The smallest absolute Gasteiger partial charge is 0.418 e. The maximum atomic E-state index is 11.2. The minimum absolute atomic E-state index is 0.00309. The van der Waals surface area contributed by atoms with E-state index in [4.69, 9.17) is 4.84 Å². The third-order valence-corrected chi connectivity index (χ3v) is 2.12. The summed E-state index contributed by atoms with van der Waals surface area (Å²) < 4.78 is 4.68. The summed E-state index contributed by atoms with van der Waals surface area (Å²) in [6.45, 7) is 2.02. The molecule has 74 valence electrons. The van der Waals surface area contributed by atoms with Crippen LogP contribution < -0.4 is 5.06 Å². The molecule has 2 rings (SSSR count). The zero-order valence-electron chi connectivity index (χ0n) is 7.90. The van der Waals surface area contributed by atoms with Crippen molar-refractivity contribution in [3.05, 3.63) is 29.8 Å². The van der Waals surface area contributed by atoms with Crippen LogP contribution in [0.4, 0.5) is 10.5 Å². The zero-order chi connectivity index (χ0) is 9.97. The summed E-state index contributed by atoms with van der Waals surface area (Å²) in [5.41, 5.74) is 1.82. The van der Waals surface area contributed by atoms with Crippen molar-refractivity contribution in [2.24, 2.45) is 0 Å². The van der Waals surface area contributed by atoms with Gasteiger partial charge >= 0.3 is 6.09 Å². The average molecular weight is 193 g/mol. The van der Waals surface area contributed by atoms with Crippen LogP contribution in [0.3, 0.4) is 0 Å². The number of hydroxylamine groups is 1. The van der Waals surface area contributed by atoms with Gasteiger partial charge in [-0.05, 0) is 18.1 Å². The molecule has 1 fully saturated rings. The SMILES string of the molecule is CCc1ccccc1N1OCOC1=O. The first kappa shape index (κ1) is 9.02. The van der Waals surface area contributed by atoms with Crippen molar-refractivity contribution < 1.29 is 14.4 Å². The Hall–Kier alpha value is -1.55. The lowest BCUT2D eigenvalue weighted by Gasteiger charge is -2.13. The summed E-state index contributed by atoms with van der Waals surface area (Å²) in [5, 5.41) is 1.19. The molecule has 0 atom stereocenters. The van der Waals surface area contributed by atoms with Crippen LogP contribution in [0.1, 0.15) is 12.5 Å². The van der Waals surface area contributed by atoms with Crippen molar-refractivity contribution in [2.75, 3.05) is 11.9 Å². The Morgan fingerprint density at radius 3 is 2.86 bits per heavy atom. The van der Waals surface area contributed by atoms with Gasteiger partial charge in [0.1, 0.15) is 0 Å². The van der Waals surface area contributed by atoms with E-state index in [1.807, 2.05) is 31.2 Å². The van der Waals surface area contributed by atoms with Gasteiger partial charge in [-0.25, -0.2) is 9.63 Å². The minimum atomic E-state index is -0.453. The van der Waals surface area contributed by atoms with E-state index in [1.54, 1.807) is 0 Å². The van der Waals surface area contributed by atoms with Crippen LogP contribution in [0, 0.1) is 0 Å². The molecule has 1 aromatic carbocycles. The summed E-state index contributed by atoms with van der Waals surface area (Å²) in [5.74, 6) is 0. The Labute approximate surface area is 82.0 Å². The van der Waals surface area contributed by atoms with E-state index >= 15 is 0 Å². The summed E-state index contributed by atoms with van der Waals surface area (Å²) in [4.78, 5) is 16.3. The average Bonchev–Trinajstić information content (AvgIpc) is 2.64. The third kappa shape index (κ3) is 1.44. The second-order valence-electron chi connectivity index (χ2n) is 2.93. The highest BCUT2D eigenvalue weighted by Gasteiger charge is 2.26. The third-order valence-electron chi connectivity index (χ3n) is 2.12. The number of para-hydroxylation sites is 1. The molecule has 0 spiro atoms. The predicted molar refractivity (Wildman–Crippen MR) is 50.7 cm³/mol. The fourth-order valence-electron chi connectivity index (χ4n) is 1.42. The second-order valence-corrected chi connectivity index (χ2v) is 2.93. The lowest BCUT2D eigenvalue weighted by Crippen LogP contribution is -2.22. The molecule has 0 unspecified atom stereocenters. The van der Waals surface area contributed by atoms with E-state index in [9.17, 15) is 4.79 Å².